The van der Waals surface area contributed by atoms with Crippen molar-refractivity contribution in [3.05, 3.63) is 34.9 Å². The molecule has 0 saturated heterocycles. The van der Waals surface area contributed by atoms with E-state index in [4.69, 9.17) is 0 Å². The molecule has 1 aliphatic carbocycles. The van der Waals surface area contributed by atoms with Crippen molar-refractivity contribution in [1.29, 1.82) is 0 Å². The van der Waals surface area contributed by atoms with Gasteiger partial charge in [-0.15, -0.1) is 0 Å². The summed E-state index contributed by atoms with van der Waals surface area (Å²) in [5, 5.41) is 13.4. The topological polar surface area (TPSA) is 35.5 Å². The predicted octanol–water partition coefficient (Wildman–Crippen LogP) is 1.49. The van der Waals surface area contributed by atoms with Gasteiger partial charge in [0.15, 0.2) is 0 Å². The Balaban J connectivity index is 1.91. The Labute approximate surface area is 110 Å². The second kappa shape index (κ2) is 5.83. The number of nitrogens with one attached hydrogen (secondary N) is 1. The van der Waals surface area contributed by atoms with Gasteiger partial charge in [0, 0.05) is 19.1 Å². The highest BCUT2D eigenvalue weighted by Gasteiger charge is 2.22. The molecule has 0 amide bonds. The van der Waals surface area contributed by atoms with E-state index in [0.717, 1.165) is 12.8 Å². The highest BCUT2D eigenvalue weighted by Crippen LogP contribution is 2.31. The molecule has 3 heteroatoms. The first-order valence-electron chi connectivity index (χ1n) is 6.72. The summed E-state index contributed by atoms with van der Waals surface area (Å²) in [6.45, 7) is 3.51. The maximum atomic E-state index is 9.88. The summed E-state index contributed by atoms with van der Waals surface area (Å²) in [5.41, 5.74) is 4.20. The molecule has 2 rings (SSSR count). The van der Waals surface area contributed by atoms with Gasteiger partial charge in [-0.2, -0.15) is 0 Å². The van der Waals surface area contributed by atoms with E-state index >= 15 is 0 Å². The number of benzene rings is 1. The van der Waals surface area contributed by atoms with Crippen LogP contribution in [0, 0.1) is 6.92 Å². The lowest BCUT2D eigenvalue weighted by atomic mass is 10.0. The first-order valence-corrected chi connectivity index (χ1v) is 6.72. The fraction of sp³-hybridized carbons (Fsp3) is 0.600. The van der Waals surface area contributed by atoms with Crippen LogP contribution < -0.4 is 5.32 Å². The molecule has 18 heavy (non-hydrogen) atoms. The SMILES string of the molecule is Cc1ccc2c(c1)C(NCC(O)CN(C)C)CC2. The zero-order valence-electron chi connectivity index (χ0n) is 11.6. The number of nitrogens with zero attached hydrogens (tertiary/aromatic N) is 1. The van der Waals surface area contributed by atoms with Crippen LogP contribution >= 0.6 is 0 Å². The van der Waals surface area contributed by atoms with Gasteiger partial charge >= 0.3 is 0 Å². The molecule has 0 bridgehead atoms. The number of hydrogen-bond acceptors (Lipinski definition) is 3. The molecule has 0 aromatic heterocycles. The Hall–Kier alpha value is -0.900. The number of hydrogen-bond donors (Lipinski definition) is 2. The normalized spacial score (nSPS) is 20.2. The fourth-order valence-electron chi connectivity index (χ4n) is 2.70. The molecule has 1 aliphatic rings. The highest BCUT2D eigenvalue weighted by atomic mass is 16.3. The predicted molar refractivity (Wildman–Crippen MR) is 74.8 cm³/mol. The van der Waals surface area contributed by atoms with Gasteiger partial charge < -0.3 is 15.3 Å². The molecule has 100 valence electrons. The smallest absolute Gasteiger partial charge is 0.0791 e. The minimum absolute atomic E-state index is 0.297. The van der Waals surface area contributed by atoms with Crippen molar-refractivity contribution in [3.8, 4) is 0 Å². The maximum absolute atomic E-state index is 9.88. The van der Waals surface area contributed by atoms with E-state index in [2.05, 4.69) is 30.4 Å². The van der Waals surface area contributed by atoms with E-state index in [1.165, 1.54) is 16.7 Å². The average molecular weight is 248 g/mol. The van der Waals surface area contributed by atoms with E-state index in [1.54, 1.807) is 0 Å². The Kier molecular flexibility index (Phi) is 4.38. The maximum Gasteiger partial charge on any atom is 0.0791 e. The van der Waals surface area contributed by atoms with Crippen molar-refractivity contribution in [3.63, 3.8) is 0 Å². The second-order valence-corrected chi connectivity index (χ2v) is 5.62. The third-order valence-electron chi connectivity index (χ3n) is 3.55. The largest absolute Gasteiger partial charge is 0.390 e. The summed E-state index contributed by atoms with van der Waals surface area (Å²) < 4.78 is 0. The van der Waals surface area contributed by atoms with Gasteiger partial charge in [-0.05, 0) is 45.0 Å². The van der Waals surface area contributed by atoms with Gasteiger partial charge in [-0.25, -0.2) is 0 Å². The van der Waals surface area contributed by atoms with E-state index in [9.17, 15) is 5.11 Å². The molecule has 2 unspecified atom stereocenters. The lowest BCUT2D eigenvalue weighted by Crippen LogP contribution is -2.36. The van der Waals surface area contributed by atoms with Crippen LogP contribution in [0.5, 0.6) is 0 Å². The molecule has 0 heterocycles. The minimum atomic E-state index is -0.297. The molecule has 0 spiro atoms. The molecule has 1 aromatic carbocycles. The third kappa shape index (κ3) is 3.31. The molecule has 0 radical (unpaired) electrons. The van der Waals surface area contributed by atoms with Crippen LogP contribution in [0.2, 0.25) is 0 Å². The van der Waals surface area contributed by atoms with Crippen LogP contribution in [0.4, 0.5) is 0 Å². The van der Waals surface area contributed by atoms with Crippen LogP contribution in [0.3, 0.4) is 0 Å². The number of rotatable bonds is 5. The van der Waals surface area contributed by atoms with Crippen LogP contribution in [-0.4, -0.2) is 43.3 Å². The van der Waals surface area contributed by atoms with Gasteiger partial charge in [0.1, 0.15) is 0 Å². The number of fused-ring (bicyclic) bond motifs is 1. The van der Waals surface area contributed by atoms with Gasteiger partial charge in [0.2, 0.25) is 0 Å². The summed E-state index contributed by atoms with van der Waals surface area (Å²) in [7, 11) is 3.97. The van der Waals surface area contributed by atoms with E-state index < -0.39 is 0 Å². The molecule has 0 aliphatic heterocycles. The minimum Gasteiger partial charge on any atom is -0.390 e. The third-order valence-corrected chi connectivity index (χ3v) is 3.55. The number of aryl methyl sites for hydroxylation is 2. The lowest BCUT2D eigenvalue weighted by Gasteiger charge is -2.20. The summed E-state index contributed by atoms with van der Waals surface area (Å²) in [6, 6.07) is 7.11. The first-order chi connectivity index (χ1) is 8.56. The number of likely N-dealkylation sites (N-methyl/N-ethyl adjacent to an activating group) is 1. The summed E-state index contributed by atoms with van der Waals surface area (Å²) in [4.78, 5) is 2.01. The van der Waals surface area contributed by atoms with Crippen molar-refractivity contribution >= 4 is 0 Å². The van der Waals surface area contributed by atoms with Crippen LogP contribution in [-0.2, 0) is 6.42 Å². The van der Waals surface area contributed by atoms with E-state index in [0.29, 0.717) is 19.1 Å². The molecule has 3 nitrogen and oxygen atoms in total. The first kappa shape index (κ1) is 13.5. The zero-order valence-corrected chi connectivity index (χ0v) is 11.6. The van der Waals surface area contributed by atoms with Crippen molar-refractivity contribution in [2.45, 2.75) is 31.9 Å². The molecule has 2 atom stereocenters. The van der Waals surface area contributed by atoms with Crippen molar-refractivity contribution < 1.29 is 5.11 Å². The van der Waals surface area contributed by atoms with Gasteiger partial charge in [-0.3, -0.25) is 0 Å². The van der Waals surface area contributed by atoms with Gasteiger partial charge in [0.05, 0.1) is 6.10 Å². The van der Waals surface area contributed by atoms with E-state index in [-0.39, 0.29) is 6.10 Å². The molecule has 0 saturated carbocycles. The van der Waals surface area contributed by atoms with E-state index in [1.807, 2.05) is 19.0 Å². The summed E-state index contributed by atoms with van der Waals surface area (Å²) in [5.74, 6) is 0. The van der Waals surface area contributed by atoms with Crippen molar-refractivity contribution in [1.82, 2.24) is 10.2 Å². The Bertz CT molecular complexity index is 403. The monoisotopic (exact) mass is 248 g/mol. The molecule has 2 N–H and O–H groups in total. The molecule has 0 fully saturated rings. The molecular weight excluding hydrogens is 224 g/mol. The molecular formula is C15H24N2O. The zero-order chi connectivity index (χ0) is 13.1. The van der Waals surface area contributed by atoms with Crippen LogP contribution in [0.15, 0.2) is 18.2 Å². The Morgan fingerprint density at radius 3 is 2.94 bits per heavy atom. The fourth-order valence-corrected chi connectivity index (χ4v) is 2.70. The van der Waals surface area contributed by atoms with Gasteiger partial charge in [-0.1, -0.05) is 23.8 Å². The number of aliphatic hydroxyl groups excluding tert-OH is 1. The Morgan fingerprint density at radius 1 is 1.44 bits per heavy atom. The summed E-state index contributed by atoms with van der Waals surface area (Å²) >= 11 is 0. The van der Waals surface area contributed by atoms with Crippen molar-refractivity contribution in [2.24, 2.45) is 0 Å². The molecule has 1 aromatic rings. The quantitative estimate of drug-likeness (QED) is 0.829. The van der Waals surface area contributed by atoms with Gasteiger partial charge in [0.25, 0.3) is 0 Å². The lowest BCUT2D eigenvalue weighted by molar-refractivity contribution is 0.131. The standard InChI is InChI=1S/C15H24N2O/c1-11-4-5-12-6-7-15(14(12)8-11)16-9-13(18)10-17(2)3/h4-5,8,13,15-16,18H,6-7,9-10H2,1-3H3. The Morgan fingerprint density at radius 2 is 2.22 bits per heavy atom. The van der Waals surface area contributed by atoms with Crippen LogP contribution in [0.1, 0.15) is 29.2 Å². The average Bonchev–Trinajstić information content (AvgIpc) is 2.68. The summed E-state index contributed by atoms with van der Waals surface area (Å²) in [6.07, 6.45) is 2.00. The second-order valence-electron chi connectivity index (χ2n) is 5.62. The van der Waals surface area contributed by atoms with Crippen molar-refractivity contribution in [2.75, 3.05) is 27.2 Å². The highest BCUT2D eigenvalue weighted by molar-refractivity contribution is 5.37. The van der Waals surface area contributed by atoms with Crippen LogP contribution in [0.25, 0.3) is 0 Å². The number of aliphatic hydroxyl groups is 1.